The number of fused-ring (bicyclic) bond motifs is 9. The van der Waals surface area contributed by atoms with E-state index in [0.29, 0.717) is 17.5 Å². The van der Waals surface area contributed by atoms with E-state index < -0.39 is 0 Å². The van der Waals surface area contributed by atoms with Crippen LogP contribution in [0.4, 0.5) is 0 Å². The Hall–Kier alpha value is -7.41. The second kappa shape index (κ2) is 12.6. The highest BCUT2D eigenvalue weighted by molar-refractivity contribution is 7.25. The summed E-state index contributed by atoms with van der Waals surface area (Å²) in [5.41, 5.74) is 10.6. The first-order chi connectivity index (χ1) is 28.2. The van der Waals surface area contributed by atoms with Gasteiger partial charge in [0.05, 0.1) is 0 Å². The third kappa shape index (κ3) is 5.19. The van der Waals surface area contributed by atoms with Crippen LogP contribution in [0.1, 0.15) is 0 Å². The second-order valence-corrected chi connectivity index (χ2v) is 15.4. The Balaban J connectivity index is 1.02. The molecule has 6 heteroatoms. The van der Waals surface area contributed by atoms with E-state index >= 15 is 0 Å². The highest BCUT2D eigenvalue weighted by atomic mass is 32.1. The van der Waals surface area contributed by atoms with Gasteiger partial charge in [0, 0.05) is 69.5 Å². The molecule has 0 saturated carbocycles. The quantitative estimate of drug-likeness (QED) is 0.175. The SMILES string of the molecule is c1ccc(-c2nc(-c3ccccc3)nc(-c3ccc4c(c3)sc3cc(-c5cc(-c6cccc7c6oc6ccccc67)cc6c5oc5ccccc56)ccc34)n2)cc1. The van der Waals surface area contributed by atoms with Crippen molar-refractivity contribution in [3.8, 4) is 56.4 Å². The zero-order valence-corrected chi connectivity index (χ0v) is 31.1. The second-order valence-electron chi connectivity index (χ2n) is 14.3. The average Bonchev–Trinajstić information content (AvgIpc) is 3.97. The summed E-state index contributed by atoms with van der Waals surface area (Å²) in [6.45, 7) is 0. The summed E-state index contributed by atoms with van der Waals surface area (Å²) >= 11 is 1.78. The summed E-state index contributed by atoms with van der Waals surface area (Å²) in [6, 6.07) is 61.0. The van der Waals surface area contributed by atoms with Crippen molar-refractivity contribution >= 4 is 75.4 Å². The summed E-state index contributed by atoms with van der Waals surface area (Å²) in [5.74, 6) is 1.94. The van der Waals surface area contributed by atoms with Gasteiger partial charge in [-0.1, -0.05) is 140 Å². The Morgan fingerprint density at radius 1 is 0.316 bits per heavy atom. The maximum Gasteiger partial charge on any atom is 0.164 e. The molecule has 0 radical (unpaired) electrons. The van der Waals surface area contributed by atoms with Crippen molar-refractivity contribution in [3.05, 3.63) is 176 Å². The summed E-state index contributed by atoms with van der Waals surface area (Å²) in [5, 5.41) is 6.80. The molecule has 0 N–H and O–H groups in total. The normalized spacial score (nSPS) is 11.9. The van der Waals surface area contributed by atoms with Crippen LogP contribution in [0.2, 0.25) is 0 Å². The summed E-state index contributed by atoms with van der Waals surface area (Å²) < 4.78 is 15.5. The van der Waals surface area contributed by atoms with Crippen LogP contribution in [0.5, 0.6) is 0 Å². The fourth-order valence-corrected chi connectivity index (χ4v) is 9.38. The molecule has 57 heavy (non-hydrogen) atoms. The summed E-state index contributed by atoms with van der Waals surface area (Å²) in [4.78, 5) is 14.9. The number of nitrogens with zero attached hydrogens (tertiary/aromatic N) is 3. The van der Waals surface area contributed by atoms with Crippen LogP contribution in [0.15, 0.2) is 185 Å². The van der Waals surface area contributed by atoms with Gasteiger partial charge in [-0.05, 0) is 47.5 Å². The van der Waals surface area contributed by atoms with E-state index in [-0.39, 0.29) is 0 Å². The van der Waals surface area contributed by atoms with Gasteiger partial charge < -0.3 is 8.83 Å². The van der Waals surface area contributed by atoms with Crippen LogP contribution >= 0.6 is 11.3 Å². The Morgan fingerprint density at radius 2 is 0.825 bits per heavy atom. The first-order valence-electron chi connectivity index (χ1n) is 18.9. The standard InChI is InChI=1S/C51H29N3O2S/c1-3-12-30(13-4-1)49-52-50(31-14-5-2-6-15-31)54-51(53-49)33-23-25-39-38-24-22-32(28-45(38)57-46(39)29-33)41-26-34(27-42-37-17-8-10-21-44(37)56-48(41)42)35-18-11-19-40-36-16-7-9-20-43(36)55-47(35)40/h1-29H. The molecule has 12 rings (SSSR count). The topological polar surface area (TPSA) is 65.0 Å². The molecule has 0 unspecified atom stereocenters. The van der Waals surface area contributed by atoms with Crippen molar-refractivity contribution in [1.82, 2.24) is 15.0 Å². The predicted octanol–water partition coefficient (Wildman–Crippen LogP) is 14.4. The molecule has 0 bridgehead atoms. The number of para-hydroxylation sites is 3. The first kappa shape index (κ1) is 31.9. The monoisotopic (exact) mass is 747 g/mol. The molecular formula is C51H29N3O2S. The van der Waals surface area contributed by atoms with E-state index in [4.69, 9.17) is 23.8 Å². The third-order valence-corrected chi connectivity index (χ3v) is 12.1. The minimum Gasteiger partial charge on any atom is -0.455 e. The van der Waals surface area contributed by atoms with Gasteiger partial charge in [0.15, 0.2) is 17.5 Å². The van der Waals surface area contributed by atoms with Crippen LogP contribution in [-0.2, 0) is 0 Å². The number of rotatable bonds is 5. The van der Waals surface area contributed by atoms with Gasteiger partial charge in [0.2, 0.25) is 0 Å². The van der Waals surface area contributed by atoms with Crippen molar-refractivity contribution in [1.29, 1.82) is 0 Å². The molecule has 0 aliphatic carbocycles. The number of hydrogen-bond acceptors (Lipinski definition) is 6. The minimum atomic E-state index is 0.645. The molecule has 0 spiro atoms. The highest BCUT2D eigenvalue weighted by Gasteiger charge is 2.20. The van der Waals surface area contributed by atoms with Crippen LogP contribution in [0, 0.1) is 0 Å². The zero-order chi connectivity index (χ0) is 37.5. The molecule has 8 aromatic carbocycles. The van der Waals surface area contributed by atoms with Crippen molar-refractivity contribution in [2.75, 3.05) is 0 Å². The van der Waals surface area contributed by atoms with E-state index in [9.17, 15) is 0 Å². The van der Waals surface area contributed by atoms with Crippen LogP contribution in [0.25, 0.3) is 120 Å². The lowest BCUT2D eigenvalue weighted by molar-refractivity contribution is 0.669. The summed E-state index contributed by atoms with van der Waals surface area (Å²) in [6.07, 6.45) is 0. The molecule has 266 valence electrons. The van der Waals surface area contributed by atoms with Gasteiger partial charge in [-0.3, -0.25) is 0 Å². The fraction of sp³-hybridized carbons (Fsp3) is 0. The van der Waals surface area contributed by atoms with Gasteiger partial charge in [-0.25, -0.2) is 15.0 Å². The average molecular weight is 748 g/mol. The molecule has 12 aromatic rings. The molecule has 0 saturated heterocycles. The van der Waals surface area contributed by atoms with Gasteiger partial charge in [-0.15, -0.1) is 11.3 Å². The zero-order valence-electron chi connectivity index (χ0n) is 30.3. The van der Waals surface area contributed by atoms with E-state index in [1.54, 1.807) is 11.3 Å². The molecule has 5 nitrogen and oxygen atoms in total. The molecule has 0 aliphatic rings. The third-order valence-electron chi connectivity index (χ3n) is 10.9. The van der Waals surface area contributed by atoms with E-state index in [1.807, 2.05) is 84.9 Å². The van der Waals surface area contributed by atoms with Crippen molar-refractivity contribution in [3.63, 3.8) is 0 Å². The largest absolute Gasteiger partial charge is 0.455 e. The van der Waals surface area contributed by atoms with Crippen LogP contribution < -0.4 is 0 Å². The van der Waals surface area contributed by atoms with E-state index in [1.165, 1.54) is 20.2 Å². The smallest absolute Gasteiger partial charge is 0.164 e. The molecule has 0 amide bonds. The van der Waals surface area contributed by atoms with E-state index in [2.05, 4.69) is 91.0 Å². The Labute approximate surface area is 330 Å². The van der Waals surface area contributed by atoms with Crippen molar-refractivity contribution < 1.29 is 8.83 Å². The summed E-state index contributed by atoms with van der Waals surface area (Å²) in [7, 11) is 0. The van der Waals surface area contributed by atoms with E-state index in [0.717, 1.165) is 82.8 Å². The lowest BCUT2D eigenvalue weighted by atomic mass is 9.94. The Morgan fingerprint density at radius 3 is 1.47 bits per heavy atom. The highest BCUT2D eigenvalue weighted by Crippen LogP contribution is 2.44. The van der Waals surface area contributed by atoms with Gasteiger partial charge in [0.25, 0.3) is 0 Å². The maximum atomic E-state index is 6.64. The molecule has 4 heterocycles. The lowest BCUT2D eigenvalue weighted by Crippen LogP contribution is -1.99. The van der Waals surface area contributed by atoms with Gasteiger partial charge >= 0.3 is 0 Å². The number of hydrogen-bond donors (Lipinski definition) is 0. The maximum absolute atomic E-state index is 6.64. The lowest BCUT2D eigenvalue weighted by Gasteiger charge is -2.09. The number of benzene rings is 8. The fourth-order valence-electron chi connectivity index (χ4n) is 8.19. The molecular weight excluding hydrogens is 719 g/mol. The van der Waals surface area contributed by atoms with Gasteiger partial charge in [-0.2, -0.15) is 0 Å². The van der Waals surface area contributed by atoms with Crippen molar-refractivity contribution in [2.45, 2.75) is 0 Å². The number of furan rings is 2. The molecule has 0 fully saturated rings. The van der Waals surface area contributed by atoms with Crippen LogP contribution in [-0.4, -0.2) is 15.0 Å². The van der Waals surface area contributed by atoms with Crippen molar-refractivity contribution in [2.24, 2.45) is 0 Å². The molecule has 4 aromatic heterocycles. The minimum absolute atomic E-state index is 0.645. The molecule has 0 atom stereocenters. The number of aromatic nitrogens is 3. The number of thiophene rings is 1. The van der Waals surface area contributed by atoms with Gasteiger partial charge in [0.1, 0.15) is 22.3 Å². The predicted molar refractivity (Wildman–Crippen MR) is 234 cm³/mol. The van der Waals surface area contributed by atoms with Crippen LogP contribution in [0.3, 0.4) is 0 Å². The Kier molecular flexibility index (Phi) is 7.03. The Bertz CT molecular complexity index is 3470. The molecule has 0 aliphatic heterocycles. The first-order valence-corrected chi connectivity index (χ1v) is 19.7.